The summed E-state index contributed by atoms with van der Waals surface area (Å²) in [5, 5.41) is 7.80. The van der Waals surface area contributed by atoms with Crippen molar-refractivity contribution in [2.75, 3.05) is 19.6 Å². The maximum absolute atomic E-state index is 5.40. The number of benzene rings is 1. The molecule has 122 valence electrons. The van der Waals surface area contributed by atoms with Crippen molar-refractivity contribution in [1.29, 1.82) is 0 Å². The quantitative estimate of drug-likeness (QED) is 0.941. The molecule has 2 aromatic rings. The van der Waals surface area contributed by atoms with E-state index in [4.69, 9.17) is 4.52 Å². The lowest BCUT2D eigenvalue weighted by Crippen LogP contribution is -2.40. The maximum atomic E-state index is 5.40. The number of hydrogen-bond acceptors (Lipinski definition) is 5. The Balaban J connectivity index is 1.32. The van der Waals surface area contributed by atoms with Gasteiger partial charge in [0, 0.05) is 11.6 Å². The Kier molecular flexibility index (Phi) is 4.39. The number of likely N-dealkylation sites (tertiary alicyclic amines) is 1. The molecule has 0 amide bonds. The zero-order valence-electron chi connectivity index (χ0n) is 13.4. The summed E-state index contributed by atoms with van der Waals surface area (Å²) in [6.45, 7) is 4.27. The largest absolute Gasteiger partial charge is 0.334 e. The van der Waals surface area contributed by atoms with Gasteiger partial charge in [0.05, 0.1) is 6.54 Å². The molecule has 1 N–H and O–H groups in total. The molecule has 2 saturated heterocycles. The van der Waals surface area contributed by atoms with Gasteiger partial charge in [-0.3, -0.25) is 4.90 Å². The van der Waals surface area contributed by atoms with E-state index in [-0.39, 0.29) is 0 Å². The van der Waals surface area contributed by atoms with E-state index < -0.39 is 0 Å². The number of nitrogens with zero attached hydrogens (tertiary/aromatic N) is 3. The van der Waals surface area contributed by atoms with E-state index >= 15 is 0 Å². The lowest BCUT2D eigenvalue weighted by Gasteiger charge is -2.34. The molecule has 1 atom stereocenters. The fraction of sp³-hybridized carbons (Fsp3) is 0.556. The van der Waals surface area contributed by atoms with E-state index in [2.05, 4.69) is 20.4 Å². The molecule has 0 radical (unpaired) electrons. The Bertz CT molecular complexity index is 613. The lowest BCUT2D eigenvalue weighted by molar-refractivity contribution is 0.153. The molecule has 0 saturated carbocycles. The minimum Gasteiger partial charge on any atom is -0.334 e. The van der Waals surface area contributed by atoms with Gasteiger partial charge >= 0.3 is 0 Å². The lowest BCUT2D eigenvalue weighted by atomic mass is 9.88. The first kappa shape index (κ1) is 14.8. The van der Waals surface area contributed by atoms with Crippen LogP contribution in [0.25, 0.3) is 11.5 Å². The third kappa shape index (κ3) is 3.46. The molecule has 1 aromatic heterocycles. The molecule has 2 aliphatic heterocycles. The Hall–Kier alpha value is -1.72. The fourth-order valence-electron chi connectivity index (χ4n) is 3.84. The van der Waals surface area contributed by atoms with Crippen LogP contribution in [0.3, 0.4) is 0 Å². The van der Waals surface area contributed by atoms with Gasteiger partial charge in [0.2, 0.25) is 0 Å². The van der Waals surface area contributed by atoms with Crippen LogP contribution in [0.5, 0.6) is 0 Å². The van der Waals surface area contributed by atoms with Crippen LogP contribution >= 0.6 is 0 Å². The third-order valence-electron chi connectivity index (χ3n) is 5.15. The molecule has 0 bridgehead atoms. The molecule has 23 heavy (non-hydrogen) atoms. The highest BCUT2D eigenvalue weighted by molar-refractivity contribution is 5.51. The van der Waals surface area contributed by atoms with E-state index in [9.17, 15) is 0 Å². The third-order valence-corrected chi connectivity index (χ3v) is 5.15. The Morgan fingerprint density at radius 1 is 1.13 bits per heavy atom. The van der Waals surface area contributed by atoms with Crippen molar-refractivity contribution in [2.45, 2.75) is 38.3 Å². The van der Waals surface area contributed by atoms with Gasteiger partial charge in [-0.05, 0) is 63.4 Å². The van der Waals surface area contributed by atoms with Crippen molar-refractivity contribution in [3.63, 3.8) is 0 Å². The first-order valence-corrected chi connectivity index (χ1v) is 8.72. The molecule has 1 unspecified atom stereocenters. The molecule has 0 spiro atoms. The van der Waals surface area contributed by atoms with Gasteiger partial charge in [0.1, 0.15) is 0 Å². The van der Waals surface area contributed by atoms with Crippen molar-refractivity contribution in [3.8, 4) is 11.5 Å². The molecule has 0 aliphatic carbocycles. The van der Waals surface area contributed by atoms with Gasteiger partial charge in [-0.15, -0.1) is 0 Å². The second kappa shape index (κ2) is 6.81. The maximum Gasteiger partial charge on any atom is 0.257 e. The summed E-state index contributed by atoms with van der Waals surface area (Å²) in [6.07, 6.45) is 5.26. The van der Waals surface area contributed by atoms with Crippen molar-refractivity contribution < 1.29 is 4.52 Å². The SMILES string of the molecule is c1ccc(-c2nc(CN3CCC(C4CCCN4)CC3)no2)cc1. The second-order valence-corrected chi connectivity index (χ2v) is 6.70. The summed E-state index contributed by atoms with van der Waals surface area (Å²) in [5.41, 5.74) is 0.984. The standard InChI is InChI=1S/C18H24N4O/c1-2-5-15(6-3-1)18-20-17(21-23-18)13-22-11-8-14(9-12-22)16-7-4-10-19-16/h1-3,5-6,14,16,19H,4,7-13H2. The predicted molar refractivity (Wildman–Crippen MR) is 88.8 cm³/mol. The zero-order chi connectivity index (χ0) is 15.5. The van der Waals surface area contributed by atoms with Gasteiger partial charge in [0.15, 0.2) is 5.82 Å². The number of nitrogens with one attached hydrogen (secondary N) is 1. The van der Waals surface area contributed by atoms with Crippen LogP contribution in [0.1, 0.15) is 31.5 Å². The number of rotatable bonds is 4. The van der Waals surface area contributed by atoms with Crippen LogP contribution < -0.4 is 5.32 Å². The second-order valence-electron chi connectivity index (χ2n) is 6.70. The smallest absolute Gasteiger partial charge is 0.257 e. The summed E-state index contributed by atoms with van der Waals surface area (Å²) in [5.74, 6) is 2.26. The molecule has 5 nitrogen and oxygen atoms in total. The summed E-state index contributed by atoms with van der Waals surface area (Å²) < 4.78 is 5.40. The molecular formula is C18H24N4O. The Morgan fingerprint density at radius 2 is 1.96 bits per heavy atom. The van der Waals surface area contributed by atoms with Gasteiger partial charge in [-0.2, -0.15) is 4.98 Å². The van der Waals surface area contributed by atoms with Crippen LogP contribution in [0, 0.1) is 5.92 Å². The van der Waals surface area contributed by atoms with Crippen molar-refractivity contribution in [2.24, 2.45) is 5.92 Å². The average Bonchev–Trinajstić information content (AvgIpc) is 3.28. The van der Waals surface area contributed by atoms with Crippen LogP contribution in [0.15, 0.2) is 34.9 Å². The number of hydrogen-bond donors (Lipinski definition) is 1. The number of aromatic nitrogens is 2. The van der Waals surface area contributed by atoms with Crippen LogP contribution in [-0.2, 0) is 6.54 Å². The normalized spacial score (nSPS) is 23.4. The monoisotopic (exact) mass is 312 g/mol. The summed E-state index contributed by atoms with van der Waals surface area (Å²) in [4.78, 5) is 6.99. The van der Waals surface area contributed by atoms with Crippen molar-refractivity contribution >= 4 is 0 Å². The van der Waals surface area contributed by atoms with Gasteiger partial charge in [-0.1, -0.05) is 23.4 Å². The van der Waals surface area contributed by atoms with Gasteiger partial charge in [-0.25, -0.2) is 0 Å². The molecule has 4 rings (SSSR count). The molecular weight excluding hydrogens is 288 g/mol. The van der Waals surface area contributed by atoms with E-state index in [0.29, 0.717) is 5.89 Å². The molecule has 2 fully saturated rings. The topological polar surface area (TPSA) is 54.2 Å². The van der Waals surface area contributed by atoms with Crippen LogP contribution in [0.2, 0.25) is 0 Å². The van der Waals surface area contributed by atoms with Gasteiger partial charge < -0.3 is 9.84 Å². The van der Waals surface area contributed by atoms with E-state index in [1.807, 2.05) is 30.3 Å². The fourth-order valence-corrected chi connectivity index (χ4v) is 3.84. The molecule has 1 aromatic carbocycles. The minimum atomic E-state index is 0.616. The highest BCUT2D eigenvalue weighted by Gasteiger charge is 2.28. The summed E-state index contributed by atoms with van der Waals surface area (Å²) in [7, 11) is 0. The Morgan fingerprint density at radius 3 is 2.70 bits per heavy atom. The predicted octanol–water partition coefficient (Wildman–Crippen LogP) is 2.70. The zero-order valence-corrected chi connectivity index (χ0v) is 13.4. The van der Waals surface area contributed by atoms with E-state index in [1.54, 1.807) is 0 Å². The minimum absolute atomic E-state index is 0.616. The summed E-state index contributed by atoms with van der Waals surface area (Å²) >= 11 is 0. The van der Waals surface area contributed by atoms with Crippen LogP contribution in [-0.4, -0.2) is 40.7 Å². The van der Waals surface area contributed by atoms with Gasteiger partial charge in [0.25, 0.3) is 5.89 Å². The van der Waals surface area contributed by atoms with Crippen LogP contribution in [0.4, 0.5) is 0 Å². The van der Waals surface area contributed by atoms with E-state index in [1.165, 1.54) is 32.2 Å². The Labute approximate surface area is 137 Å². The first-order chi connectivity index (χ1) is 11.4. The average molecular weight is 312 g/mol. The number of piperidine rings is 1. The summed E-state index contributed by atoms with van der Waals surface area (Å²) in [6, 6.07) is 10.7. The molecule has 5 heteroatoms. The highest BCUT2D eigenvalue weighted by Crippen LogP contribution is 2.26. The van der Waals surface area contributed by atoms with E-state index in [0.717, 1.165) is 43.0 Å². The first-order valence-electron chi connectivity index (χ1n) is 8.72. The van der Waals surface area contributed by atoms with Crippen molar-refractivity contribution in [3.05, 3.63) is 36.2 Å². The van der Waals surface area contributed by atoms with Crippen molar-refractivity contribution in [1.82, 2.24) is 20.4 Å². The molecule has 2 aliphatic rings. The highest BCUT2D eigenvalue weighted by atomic mass is 16.5. The molecule has 3 heterocycles.